The number of imidazole rings is 2. The van der Waals surface area contributed by atoms with Crippen molar-refractivity contribution in [2.75, 3.05) is 0 Å². The molecule has 10 aromatic carbocycles. The summed E-state index contributed by atoms with van der Waals surface area (Å²) in [7, 11) is 0. The van der Waals surface area contributed by atoms with Gasteiger partial charge in [0.1, 0.15) is 11.3 Å². The Morgan fingerprint density at radius 3 is 1.46 bits per heavy atom. The standard InChI is InChI=1S/C50H44N4.C45H29N5.2Pt/c1-49(2,3)36-26-28-44(41(32-36)43-25-15-16-30-51-43)52-45-29-27-37(50(4,5)6)33-42(45)46-47(40-23-14-13-22-38(40)34-18-9-7-10-19-34)54-31-17-24-39(48(54)53-46)35-20-11-8-12-21-35;1-3-14-31(15-4-1)34-26-28-46-41(30-34)39-23-12-27-47-44(39)48-40-25-10-9-21-38(40)42-43(37-22-11-19-32-18-7-8-20-35(32)37)50-29-13-24-36(45(50)49-42)33-16-5-2-6-17-33;;/h7-20,22-33H,1-6H3;1-16,18-30H;;/q2*-2;2*+2. The Bertz CT molecular complexity index is 5940. The smallest absolute Gasteiger partial charge is 0.657 e. The van der Waals surface area contributed by atoms with Gasteiger partial charge in [-0.15, -0.1) is 83.2 Å². The monoisotopic (exact) mass is 1730 g/mol. The molecule has 0 atom stereocenters. The summed E-state index contributed by atoms with van der Waals surface area (Å²) in [5.74, 6) is 0.590. The summed E-state index contributed by atoms with van der Waals surface area (Å²) in [6.45, 7) is 13.5. The molecule has 0 saturated carbocycles. The Hall–Kier alpha value is -11.7. The summed E-state index contributed by atoms with van der Waals surface area (Å²) < 4.78 is 4.45. The molecule has 0 aliphatic rings. The first-order valence-corrected chi connectivity index (χ1v) is 35.2. The molecule has 0 aliphatic carbocycles. The van der Waals surface area contributed by atoms with Crippen LogP contribution in [0.4, 0.5) is 22.9 Å². The predicted molar refractivity (Wildman–Crippen MR) is 429 cm³/mol. The van der Waals surface area contributed by atoms with Crippen LogP contribution in [0, 0.1) is 12.1 Å². The number of rotatable bonds is 14. The van der Waals surface area contributed by atoms with Crippen molar-refractivity contribution in [3.05, 3.63) is 368 Å². The summed E-state index contributed by atoms with van der Waals surface area (Å²) in [6, 6.07) is 112. The number of hydrogen-bond donors (Lipinski definition) is 0. The first kappa shape index (κ1) is 71.3. The van der Waals surface area contributed by atoms with Gasteiger partial charge < -0.3 is 24.4 Å². The number of aromatic nitrogens is 7. The molecule has 0 unspecified atom stereocenters. The summed E-state index contributed by atoms with van der Waals surface area (Å²) in [5, 5.41) is 13.1. The second kappa shape index (κ2) is 30.9. The van der Waals surface area contributed by atoms with E-state index in [9.17, 15) is 0 Å². The third-order valence-electron chi connectivity index (χ3n) is 19.1. The van der Waals surface area contributed by atoms with E-state index >= 15 is 0 Å². The van der Waals surface area contributed by atoms with E-state index in [0.717, 1.165) is 146 Å². The maximum atomic E-state index is 5.59. The molecule has 7 heterocycles. The van der Waals surface area contributed by atoms with Crippen molar-refractivity contribution in [3.8, 4) is 112 Å². The maximum absolute atomic E-state index is 5.59. The largest absolute Gasteiger partial charge is 2.00 e. The van der Waals surface area contributed by atoms with Gasteiger partial charge in [0.2, 0.25) is 0 Å². The third-order valence-corrected chi connectivity index (χ3v) is 19.1. The number of hydrogen-bond acceptors (Lipinski definition) is 5. The van der Waals surface area contributed by atoms with Gasteiger partial charge in [0, 0.05) is 41.5 Å². The van der Waals surface area contributed by atoms with Gasteiger partial charge in [0.25, 0.3) is 0 Å². The average molecular weight is 1730 g/mol. The SMILES string of the molecule is CC(C)(C)c1ccc([N-]c2ccc(C(C)(C)C)cc2-c2nc3c(-c4[c-]cccc4)cccn3c2-c2ccccc2-c2ccccc2)c(-c2ccccn2)c1.[Pt+2].[Pt+2].[c-]1ccccc1-c1cccn2c(-c3cccc4ccccc34)c(-c3ccccc3[N-]c3ncccc3-c3cc(-c4ccccc4)ccn3)nc12. The quantitative estimate of drug-likeness (QED) is 0.101. The molecule has 0 spiro atoms. The molecule has 0 N–H and O–H groups in total. The second-order valence-electron chi connectivity index (χ2n) is 27.9. The number of nitrogens with zero attached hydrogens (tertiary/aromatic N) is 9. The van der Waals surface area contributed by atoms with Gasteiger partial charge in [0.05, 0.1) is 34.2 Å². The number of benzene rings is 10. The number of para-hydroxylation sites is 1. The van der Waals surface area contributed by atoms with Crippen molar-refractivity contribution in [1.82, 2.24) is 33.7 Å². The van der Waals surface area contributed by atoms with E-state index in [4.69, 9.17) is 35.6 Å². The fourth-order valence-corrected chi connectivity index (χ4v) is 13.8. The van der Waals surface area contributed by atoms with E-state index in [1.54, 1.807) is 6.20 Å². The molecular weight excluding hydrogens is 1660 g/mol. The molecule has 0 fully saturated rings. The molecule has 17 aromatic rings. The van der Waals surface area contributed by atoms with Crippen LogP contribution in [0.3, 0.4) is 0 Å². The summed E-state index contributed by atoms with van der Waals surface area (Å²) in [4.78, 5) is 25.3. The van der Waals surface area contributed by atoms with E-state index in [1.807, 2.05) is 109 Å². The van der Waals surface area contributed by atoms with E-state index in [1.165, 1.54) is 16.5 Å². The minimum atomic E-state index is -0.105. The van der Waals surface area contributed by atoms with Crippen molar-refractivity contribution in [2.24, 2.45) is 0 Å². The van der Waals surface area contributed by atoms with Crippen LogP contribution in [0.25, 0.3) is 145 Å². The van der Waals surface area contributed by atoms with Crippen LogP contribution >= 0.6 is 0 Å². The first-order chi connectivity index (χ1) is 50.9. The van der Waals surface area contributed by atoms with E-state index in [0.29, 0.717) is 5.82 Å². The zero-order valence-corrected chi connectivity index (χ0v) is 64.0. The molecule has 9 nitrogen and oxygen atoms in total. The normalized spacial score (nSPS) is 11.3. The Labute approximate surface area is 648 Å². The van der Waals surface area contributed by atoms with E-state index in [2.05, 4.69) is 281 Å². The van der Waals surface area contributed by atoms with Crippen LogP contribution in [0.15, 0.2) is 334 Å². The third kappa shape index (κ3) is 14.5. The van der Waals surface area contributed by atoms with Crippen LogP contribution in [0.2, 0.25) is 0 Å². The minimum Gasteiger partial charge on any atom is -0.657 e. The van der Waals surface area contributed by atoms with Gasteiger partial charge in [0.15, 0.2) is 0 Å². The van der Waals surface area contributed by atoms with Gasteiger partial charge in [-0.1, -0.05) is 289 Å². The summed E-state index contributed by atoms with van der Waals surface area (Å²) in [5.41, 5.74) is 26.3. The van der Waals surface area contributed by atoms with Crippen molar-refractivity contribution < 1.29 is 42.1 Å². The summed E-state index contributed by atoms with van der Waals surface area (Å²) >= 11 is 0. The molecule has 518 valence electrons. The zero-order valence-electron chi connectivity index (χ0n) is 59.4. The van der Waals surface area contributed by atoms with E-state index < -0.39 is 0 Å². The van der Waals surface area contributed by atoms with Crippen molar-refractivity contribution in [1.29, 1.82) is 0 Å². The van der Waals surface area contributed by atoms with Gasteiger partial charge in [-0.25, -0.2) is 9.97 Å². The topological polar surface area (TPSA) is 101 Å². The van der Waals surface area contributed by atoms with Gasteiger partial charge >= 0.3 is 42.1 Å². The first-order valence-electron chi connectivity index (χ1n) is 35.2. The molecule has 0 saturated heterocycles. The molecule has 11 heteroatoms. The zero-order chi connectivity index (χ0) is 70.7. The van der Waals surface area contributed by atoms with E-state index in [-0.39, 0.29) is 53.0 Å². The number of fused-ring (bicyclic) bond motifs is 3. The fourth-order valence-electron chi connectivity index (χ4n) is 13.8. The van der Waals surface area contributed by atoms with Crippen molar-refractivity contribution in [2.45, 2.75) is 52.4 Å². The fraction of sp³-hybridized carbons (Fsp3) is 0.0842. The summed E-state index contributed by atoms with van der Waals surface area (Å²) in [6.07, 6.45) is 9.70. The molecular formula is C95H73N9Pt2. The van der Waals surface area contributed by atoms with Gasteiger partial charge in [-0.05, 0) is 107 Å². The Morgan fingerprint density at radius 1 is 0.321 bits per heavy atom. The molecule has 7 aromatic heterocycles. The molecule has 0 aliphatic heterocycles. The minimum absolute atomic E-state index is 0. The number of pyridine rings is 5. The molecule has 17 rings (SSSR count). The maximum Gasteiger partial charge on any atom is 2.00 e. The molecule has 0 radical (unpaired) electrons. The molecule has 0 bridgehead atoms. The van der Waals surface area contributed by atoms with Crippen LogP contribution < -0.4 is 0 Å². The predicted octanol–water partition coefficient (Wildman–Crippen LogP) is 25.5. The second-order valence-corrected chi connectivity index (χ2v) is 27.9. The molecule has 0 amide bonds. The average Bonchev–Trinajstić information content (AvgIpc) is 1.58. The Morgan fingerprint density at radius 2 is 0.821 bits per heavy atom. The van der Waals surface area contributed by atoms with Crippen LogP contribution in [-0.2, 0) is 53.0 Å². The Balaban J connectivity index is 0.000000175. The van der Waals surface area contributed by atoms with Crippen LogP contribution in [0.1, 0.15) is 52.7 Å². The van der Waals surface area contributed by atoms with Crippen LogP contribution in [-0.4, -0.2) is 33.7 Å². The molecule has 106 heavy (non-hydrogen) atoms. The van der Waals surface area contributed by atoms with Crippen molar-refractivity contribution in [3.63, 3.8) is 0 Å². The van der Waals surface area contributed by atoms with Gasteiger partial charge in [-0.3, -0.25) is 9.97 Å². The Kier molecular flexibility index (Phi) is 20.8. The van der Waals surface area contributed by atoms with Crippen molar-refractivity contribution >= 4 is 44.9 Å². The van der Waals surface area contributed by atoms with Gasteiger partial charge in [-0.2, -0.15) is 0 Å². The van der Waals surface area contributed by atoms with Crippen LogP contribution in [0.5, 0.6) is 0 Å².